The molecule has 0 N–H and O–H groups in total. The molecule has 0 fully saturated rings. The van der Waals surface area contributed by atoms with Crippen molar-refractivity contribution in [3.8, 4) is 43.1 Å². The Labute approximate surface area is 262 Å². The Morgan fingerprint density at radius 3 is 1.23 bits per heavy atom. The molecule has 44 heavy (non-hydrogen) atoms. The maximum Gasteiger partial charge on any atom is 0.0902 e. The minimum atomic E-state index is 1.06. The summed E-state index contributed by atoms with van der Waals surface area (Å²) in [4.78, 5) is 6.81. The number of benzene rings is 5. The summed E-state index contributed by atoms with van der Waals surface area (Å²) in [6.45, 7) is 0. The van der Waals surface area contributed by atoms with Crippen LogP contribution >= 0.6 is 11.3 Å². The van der Waals surface area contributed by atoms with Gasteiger partial charge in [0.05, 0.1) is 18.0 Å². The van der Waals surface area contributed by atoms with E-state index >= 15 is 0 Å². The Kier molecular flexibility index (Phi) is 9.49. The normalized spacial score (nSPS) is 10.3. The van der Waals surface area contributed by atoms with Gasteiger partial charge in [0.1, 0.15) is 0 Å². The van der Waals surface area contributed by atoms with E-state index in [0.29, 0.717) is 0 Å². The zero-order valence-corrected chi connectivity index (χ0v) is 25.0. The van der Waals surface area contributed by atoms with Crippen molar-refractivity contribution in [2.24, 2.45) is 0 Å². The first kappa shape index (κ1) is 28.6. The Morgan fingerprint density at radius 2 is 0.795 bits per heavy atom. The molecule has 0 aliphatic rings. The fraction of sp³-hybridized carbons (Fsp3) is 0. The number of nitrogens with zero attached hydrogens (tertiary/aromatic N) is 1. The topological polar surface area (TPSA) is 26.0 Å². The number of fused-ring (bicyclic) bond motifs is 1. The molecular weight excluding hydrogens is 555 g/mol. The van der Waals surface area contributed by atoms with Gasteiger partial charge in [-0.2, -0.15) is 0 Å². The Balaban J connectivity index is 0.000000186. The van der Waals surface area contributed by atoms with Crippen LogP contribution in [-0.2, 0) is 0 Å². The number of aromatic nitrogens is 1. The molecule has 0 spiro atoms. The summed E-state index contributed by atoms with van der Waals surface area (Å²) in [5.74, 6) is 0. The molecule has 0 amide bonds. The lowest BCUT2D eigenvalue weighted by molar-refractivity contribution is 0.567. The molecule has 0 unspecified atom stereocenters. The first-order valence-electron chi connectivity index (χ1n) is 14.5. The molecule has 0 saturated heterocycles. The van der Waals surface area contributed by atoms with Crippen LogP contribution in [0.2, 0.25) is 0 Å². The average molecular weight is 586 g/mol. The Morgan fingerprint density at radius 1 is 0.386 bits per heavy atom. The highest BCUT2D eigenvalue weighted by Crippen LogP contribution is 2.51. The van der Waals surface area contributed by atoms with Gasteiger partial charge in [0.2, 0.25) is 0 Å². The average Bonchev–Trinajstić information content (AvgIpc) is 3.83. The first-order valence-corrected chi connectivity index (χ1v) is 15.4. The smallest absolute Gasteiger partial charge is 0.0902 e. The third kappa shape index (κ3) is 6.92. The van der Waals surface area contributed by atoms with E-state index < -0.39 is 0 Å². The van der Waals surface area contributed by atoms with Gasteiger partial charge in [-0.1, -0.05) is 146 Å². The predicted octanol–water partition coefficient (Wildman–Crippen LogP) is 11.9. The van der Waals surface area contributed by atoms with Crippen molar-refractivity contribution < 1.29 is 4.42 Å². The predicted molar refractivity (Wildman–Crippen MR) is 187 cm³/mol. The van der Waals surface area contributed by atoms with Crippen molar-refractivity contribution in [1.29, 1.82) is 0 Å². The van der Waals surface area contributed by atoms with Gasteiger partial charge in [0, 0.05) is 32.5 Å². The summed E-state index contributed by atoms with van der Waals surface area (Å²) in [6, 6.07) is 58.8. The number of furan rings is 1. The van der Waals surface area contributed by atoms with Gasteiger partial charge >= 0.3 is 0 Å². The molecule has 3 heteroatoms. The summed E-state index contributed by atoms with van der Waals surface area (Å²) >= 11 is 1.88. The second-order valence-electron chi connectivity index (χ2n) is 9.96. The van der Waals surface area contributed by atoms with E-state index in [1.54, 1.807) is 12.5 Å². The van der Waals surface area contributed by atoms with Crippen molar-refractivity contribution >= 4 is 22.2 Å². The van der Waals surface area contributed by atoms with Gasteiger partial charge in [-0.05, 0) is 46.5 Å². The van der Waals surface area contributed by atoms with Crippen molar-refractivity contribution in [3.05, 3.63) is 189 Å². The molecule has 212 valence electrons. The lowest BCUT2D eigenvalue weighted by Gasteiger charge is -2.10. The molecule has 0 aliphatic heterocycles. The van der Waals surface area contributed by atoms with E-state index in [2.05, 4.69) is 143 Å². The molecule has 0 saturated carbocycles. The van der Waals surface area contributed by atoms with E-state index in [1.165, 1.54) is 48.5 Å². The lowest BCUT2D eigenvalue weighted by atomic mass is 9.91. The molecular formula is C41H31NOS. The zero-order chi connectivity index (χ0) is 29.8. The van der Waals surface area contributed by atoms with Crippen molar-refractivity contribution in [2.75, 3.05) is 0 Å². The molecule has 3 heterocycles. The SMILES string of the molecule is c1ccc(-c2sc(-c3ccccc3)c(-c3ccccc3)c2-c2ccccc2)cc1.c1ccc2ncccc2c1.c1ccoc1. The van der Waals surface area contributed by atoms with Crippen molar-refractivity contribution in [2.45, 2.75) is 0 Å². The van der Waals surface area contributed by atoms with Gasteiger partial charge in [0.15, 0.2) is 0 Å². The van der Waals surface area contributed by atoms with E-state index in [4.69, 9.17) is 0 Å². The molecule has 0 aliphatic carbocycles. The molecule has 5 aromatic carbocycles. The molecule has 8 aromatic rings. The van der Waals surface area contributed by atoms with Crippen LogP contribution in [0.3, 0.4) is 0 Å². The minimum absolute atomic E-state index is 1.06. The third-order valence-corrected chi connectivity index (χ3v) is 8.33. The van der Waals surface area contributed by atoms with Crippen molar-refractivity contribution in [3.63, 3.8) is 0 Å². The maximum atomic E-state index is 4.58. The van der Waals surface area contributed by atoms with Crippen LogP contribution in [0.4, 0.5) is 0 Å². The standard InChI is InChI=1S/C28H20S.C9H7N.C4H4O/c1-5-13-21(14-6-1)25-26(22-15-7-2-8-16-22)28(24-19-11-4-12-20-24)29-27(25)23-17-9-3-10-18-23;1-2-6-9-8(4-1)5-3-7-10-9;1-2-4-5-3-1/h1-20H;1-7H;1-4H. The number of hydrogen-bond donors (Lipinski definition) is 0. The second-order valence-corrected chi connectivity index (χ2v) is 11.0. The Hall–Kier alpha value is -5.51. The van der Waals surface area contributed by atoms with E-state index in [1.807, 2.05) is 53.9 Å². The van der Waals surface area contributed by atoms with Gasteiger partial charge in [-0.15, -0.1) is 11.3 Å². The summed E-state index contributed by atoms with van der Waals surface area (Å²) < 4.78 is 4.58. The minimum Gasteiger partial charge on any atom is -0.473 e. The third-order valence-electron chi connectivity index (χ3n) is 7.04. The number of para-hydroxylation sites is 1. The highest BCUT2D eigenvalue weighted by molar-refractivity contribution is 7.20. The molecule has 0 bridgehead atoms. The van der Waals surface area contributed by atoms with Crippen LogP contribution < -0.4 is 0 Å². The number of thiophene rings is 1. The Bertz CT molecular complexity index is 1800. The quantitative estimate of drug-likeness (QED) is 0.205. The highest BCUT2D eigenvalue weighted by atomic mass is 32.1. The number of hydrogen-bond acceptors (Lipinski definition) is 3. The highest BCUT2D eigenvalue weighted by Gasteiger charge is 2.22. The molecule has 3 aromatic heterocycles. The van der Waals surface area contributed by atoms with Crippen LogP contribution in [-0.4, -0.2) is 4.98 Å². The van der Waals surface area contributed by atoms with Gasteiger partial charge in [-0.3, -0.25) is 4.98 Å². The number of pyridine rings is 1. The molecule has 0 radical (unpaired) electrons. The molecule has 8 rings (SSSR count). The van der Waals surface area contributed by atoms with Crippen LogP contribution in [0.15, 0.2) is 193 Å². The van der Waals surface area contributed by atoms with Crippen LogP contribution in [0.1, 0.15) is 0 Å². The summed E-state index contributed by atoms with van der Waals surface area (Å²) in [6.07, 6.45) is 5.06. The van der Waals surface area contributed by atoms with E-state index in [-0.39, 0.29) is 0 Å². The van der Waals surface area contributed by atoms with Gasteiger partial charge in [0.25, 0.3) is 0 Å². The summed E-state index contributed by atoms with van der Waals surface area (Å²) in [7, 11) is 0. The second kappa shape index (κ2) is 14.6. The molecule has 2 nitrogen and oxygen atoms in total. The fourth-order valence-corrected chi connectivity index (χ4v) is 6.38. The lowest BCUT2D eigenvalue weighted by Crippen LogP contribution is -1.85. The van der Waals surface area contributed by atoms with Gasteiger partial charge in [-0.25, -0.2) is 0 Å². The fourth-order valence-electron chi connectivity index (χ4n) is 5.02. The van der Waals surface area contributed by atoms with Crippen LogP contribution in [0, 0.1) is 0 Å². The monoisotopic (exact) mass is 585 g/mol. The van der Waals surface area contributed by atoms with E-state index in [9.17, 15) is 0 Å². The van der Waals surface area contributed by atoms with Gasteiger partial charge < -0.3 is 4.42 Å². The van der Waals surface area contributed by atoms with E-state index in [0.717, 1.165) is 5.52 Å². The largest absolute Gasteiger partial charge is 0.473 e. The van der Waals surface area contributed by atoms with Crippen molar-refractivity contribution in [1.82, 2.24) is 4.98 Å². The van der Waals surface area contributed by atoms with Crippen LogP contribution in [0.5, 0.6) is 0 Å². The number of rotatable bonds is 4. The zero-order valence-electron chi connectivity index (χ0n) is 24.2. The summed E-state index contributed by atoms with van der Waals surface area (Å²) in [5.41, 5.74) is 8.71. The molecule has 0 atom stereocenters. The first-order chi connectivity index (χ1) is 21.9. The van der Waals surface area contributed by atoms with Crippen LogP contribution in [0.25, 0.3) is 54.0 Å². The maximum absolute atomic E-state index is 4.58. The summed E-state index contributed by atoms with van der Waals surface area (Å²) in [5, 5.41) is 1.20.